The smallest absolute Gasteiger partial charge is 0.115 e. The first-order valence-corrected chi connectivity index (χ1v) is 14.2. The average molecular weight is 544 g/mol. The molecule has 1 aliphatic rings. The van der Waals surface area contributed by atoms with Crippen molar-refractivity contribution in [2.24, 2.45) is 5.41 Å². The Morgan fingerprint density at radius 3 is 1.69 bits per heavy atom. The van der Waals surface area contributed by atoms with E-state index in [9.17, 15) is 0 Å². The topological polar surface area (TPSA) is 0 Å². The zero-order valence-electron chi connectivity index (χ0n) is 21.3. The lowest BCUT2D eigenvalue weighted by Crippen LogP contribution is -3.00. The summed E-state index contributed by atoms with van der Waals surface area (Å²) in [5, 5.41) is 4.28. The molecule has 0 radical (unpaired) electrons. The fraction of sp³-hybridized carbons (Fsp3) is 0.212. The molecule has 180 valence electrons. The number of halogens is 1. The van der Waals surface area contributed by atoms with Crippen molar-refractivity contribution in [2.45, 2.75) is 34.1 Å². The van der Waals surface area contributed by atoms with E-state index in [4.69, 9.17) is 0 Å². The van der Waals surface area contributed by atoms with Gasteiger partial charge in [0.25, 0.3) is 0 Å². The highest BCUT2D eigenvalue weighted by molar-refractivity contribution is 7.95. The molecule has 0 nitrogen and oxygen atoms in total. The normalized spacial score (nSPS) is 15.8. The summed E-state index contributed by atoms with van der Waals surface area (Å²) >= 11 is 0. The predicted octanol–water partition coefficient (Wildman–Crippen LogP) is 4.79. The molecule has 3 aromatic carbocycles. The van der Waals surface area contributed by atoms with Crippen molar-refractivity contribution in [3.63, 3.8) is 0 Å². The molecule has 0 bridgehead atoms. The van der Waals surface area contributed by atoms with Crippen LogP contribution in [0, 0.1) is 5.41 Å². The van der Waals surface area contributed by atoms with Gasteiger partial charge < -0.3 is 17.0 Å². The van der Waals surface area contributed by atoms with E-state index in [-0.39, 0.29) is 22.4 Å². The number of allylic oxidation sites excluding steroid dienone is 8. The summed E-state index contributed by atoms with van der Waals surface area (Å²) in [7, 11) is -1.83. The third-order valence-corrected chi connectivity index (χ3v) is 11.2. The molecule has 3 aromatic rings. The maximum absolute atomic E-state index is 2.46. The molecule has 0 unspecified atom stereocenters. The summed E-state index contributed by atoms with van der Waals surface area (Å²) < 4.78 is 0. The van der Waals surface area contributed by atoms with Crippen LogP contribution in [0.15, 0.2) is 138 Å². The van der Waals surface area contributed by atoms with Gasteiger partial charge in [0.15, 0.2) is 0 Å². The fourth-order valence-corrected chi connectivity index (χ4v) is 9.13. The Bertz CT molecular complexity index is 1120. The van der Waals surface area contributed by atoms with E-state index in [1.807, 2.05) is 0 Å². The van der Waals surface area contributed by atoms with Crippen molar-refractivity contribution in [1.82, 2.24) is 0 Å². The van der Waals surface area contributed by atoms with Gasteiger partial charge in [-0.1, -0.05) is 98.3 Å². The minimum absolute atomic E-state index is 0. The largest absolute Gasteiger partial charge is 1.00 e. The lowest BCUT2D eigenvalue weighted by atomic mass is 9.75. The van der Waals surface area contributed by atoms with E-state index >= 15 is 0 Å². The molecule has 0 heterocycles. The molecule has 0 saturated carbocycles. The summed E-state index contributed by atoms with van der Waals surface area (Å²) in [5.74, 6) is 0. The number of benzene rings is 3. The molecule has 1 aliphatic carbocycles. The predicted molar refractivity (Wildman–Crippen MR) is 153 cm³/mol. The van der Waals surface area contributed by atoms with Gasteiger partial charge in [0.2, 0.25) is 0 Å². The highest BCUT2D eigenvalue weighted by Gasteiger charge is 2.44. The first kappa shape index (κ1) is 27.1. The minimum atomic E-state index is -1.83. The molecule has 2 heteroatoms. The van der Waals surface area contributed by atoms with Gasteiger partial charge in [-0.15, -0.1) is 0 Å². The number of hydrogen-bond acceptors (Lipinski definition) is 0. The van der Waals surface area contributed by atoms with Crippen molar-refractivity contribution in [2.75, 3.05) is 6.16 Å². The Labute approximate surface area is 223 Å². The van der Waals surface area contributed by atoms with Crippen molar-refractivity contribution in [3.05, 3.63) is 138 Å². The van der Waals surface area contributed by atoms with E-state index in [0.717, 1.165) is 12.6 Å². The Hall–Kier alpha value is -2.47. The summed E-state index contributed by atoms with van der Waals surface area (Å²) in [6.07, 6.45) is 13.8. The molecule has 0 amide bonds. The van der Waals surface area contributed by atoms with Crippen LogP contribution in [0.4, 0.5) is 0 Å². The van der Waals surface area contributed by atoms with E-state index < -0.39 is 7.26 Å². The van der Waals surface area contributed by atoms with Crippen LogP contribution in [-0.2, 0) is 0 Å². The highest BCUT2D eigenvalue weighted by atomic mass is 79.9. The van der Waals surface area contributed by atoms with Crippen LogP contribution in [0.5, 0.6) is 0 Å². The van der Waals surface area contributed by atoms with Gasteiger partial charge in [0, 0.05) is 0 Å². The van der Waals surface area contributed by atoms with Crippen LogP contribution < -0.4 is 32.9 Å². The first-order valence-electron chi connectivity index (χ1n) is 12.2. The van der Waals surface area contributed by atoms with Crippen LogP contribution in [0.25, 0.3) is 0 Å². The highest BCUT2D eigenvalue weighted by Crippen LogP contribution is 2.55. The average Bonchev–Trinajstić information content (AvgIpc) is 2.86. The summed E-state index contributed by atoms with van der Waals surface area (Å²) in [6, 6.07) is 33.3. The van der Waals surface area contributed by atoms with Gasteiger partial charge >= 0.3 is 0 Å². The van der Waals surface area contributed by atoms with Gasteiger partial charge in [0.1, 0.15) is 23.2 Å². The van der Waals surface area contributed by atoms with E-state index in [1.54, 1.807) is 0 Å². The third kappa shape index (κ3) is 6.03. The lowest BCUT2D eigenvalue weighted by Gasteiger charge is -2.29. The number of hydrogen-bond donors (Lipinski definition) is 0. The second kappa shape index (κ2) is 12.0. The molecule has 0 aromatic heterocycles. The van der Waals surface area contributed by atoms with E-state index in [0.29, 0.717) is 0 Å². The maximum atomic E-state index is 2.46. The van der Waals surface area contributed by atoms with Crippen molar-refractivity contribution in [1.29, 1.82) is 0 Å². The second-order valence-electron chi connectivity index (χ2n) is 9.87. The van der Waals surface area contributed by atoms with Gasteiger partial charge in [-0.3, -0.25) is 0 Å². The van der Waals surface area contributed by atoms with E-state index in [1.165, 1.54) is 32.6 Å². The molecule has 0 aliphatic heterocycles. The standard InChI is InChI=1S/C33H36P.BrH/c1-27(22-23-32-28(2)15-14-25-33(32,3)4)24-26-34(29-16-8-5-9-17-29,30-18-10-6-11-19-30)31-20-12-7-13-21-31;/h5-24H,25-26H2,1-4H3;1H/q+1;/p-1/b23-22+,27-24+;. The SMILES string of the molecule is CC1=C(/C=C/C(C)=C/C[P+](c2ccccc2)(c2ccccc2)c2ccccc2)C(C)(C)CC=C1.[Br-]. The summed E-state index contributed by atoms with van der Waals surface area (Å²) in [4.78, 5) is 0. The Morgan fingerprint density at radius 1 is 0.800 bits per heavy atom. The molecule has 0 N–H and O–H groups in total. The molecule has 0 fully saturated rings. The van der Waals surface area contributed by atoms with Crippen molar-refractivity contribution >= 4 is 23.2 Å². The van der Waals surface area contributed by atoms with Gasteiger partial charge in [-0.2, -0.15) is 0 Å². The molecule has 0 saturated heterocycles. The van der Waals surface area contributed by atoms with Crippen molar-refractivity contribution in [3.8, 4) is 0 Å². The summed E-state index contributed by atoms with van der Waals surface area (Å²) in [6.45, 7) is 9.16. The van der Waals surface area contributed by atoms with Crippen LogP contribution >= 0.6 is 7.26 Å². The van der Waals surface area contributed by atoms with Gasteiger partial charge in [-0.25, -0.2) is 0 Å². The Kier molecular flexibility index (Phi) is 9.28. The molecule has 0 atom stereocenters. The molecule has 0 spiro atoms. The third-order valence-electron chi connectivity index (χ3n) is 6.94. The molecule has 4 rings (SSSR count). The maximum Gasteiger partial charge on any atom is 0.115 e. The molecule has 35 heavy (non-hydrogen) atoms. The van der Waals surface area contributed by atoms with Crippen LogP contribution in [0.1, 0.15) is 34.1 Å². The minimum Gasteiger partial charge on any atom is -1.00 e. The zero-order valence-corrected chi connectivity index (χ0v) is 23.8. The zero-order chi connectivity index (χ0) is 24.0. The Morgan fingerprint density at radius 2 is 1.26 bits per heavy atom. The monoisotopic (exact) mass is 542 g/mol. The fourth-order valence-electron chi connectivity index (χ4n) is 5.00. The van der Waals surface area contributed by atoms with Crippen molar-refractivity contribution < 1.29 is 17.0 Å². The van der Waals surface area contributed by atoms with Crippen LogP contribution in [0.3, 0.4) is 0 Å². The summed E-state index contributed by atoms with van der Waals surface area (Å²) in [5.41, 5.74) is 4.32. The molecular formula is C33H36BrP. The lowest BCUT2D eigenvalue weighted by molar-refractivity contribution is -0.00000717. The Balaban J connectivity index is 0.00000342. The van der Waals surface area contributed by atoms with E-state index in [2.05, 4.69) is 149 Å². The van der Waals surface area contributed by atoms with Crippen LogP contribution in [0.2, 0.25) is 0 Å². The number of rotatable bonds is 7. The van der Waals surface area contributed by atoms with Gasteiger partial charge in [-0.05, 0) is 79.3 Å². The quantitative estimate of drug-likeness (QED) is 0.297. The second-order valence-corrected chi connectivity index (χ2v) is 13.4. The van der Waals surface area contributed by atoms with Crippen LogP contribution in [-0.4, -0.2) is 6.16 Å². The first-order chi connectivity index (χ1) is 16.4. The molecular weight excluding hydrogens is 507 g/mol. The van der Waals surface area contributed by atoms with Gasteiger partial charge in [0.05, 0.1) is 6.16 Å².